The van der Waals surface area contributed by atoms with Crippen molar-refractivity contribution in [2.75, 3.05) is 32.8 Å². The van der Waals surface area contributed by atoms with E-state index in [0.717, 1.165) is 13.1 Å². The molecule has 0 amide bonds. The SMILES string of the molecule is CCO[C@@H]1CN(CCN)C[C@@H]1O. The van der Waals surface area contributed by atoms with Crippen molar-refractivity contribution in [1.29, 1.82) is 0 Å². The number of likely N-dealkylation sites (tertiary alicyclic amines) is 1. The summed E-state index contributed by atoms with van der Waals surface area (Å²) in [6.07, 6.45) is -0.349. The molecule has 0 bridgehead atoms. The van der Waals surface area contributed by atoms with Gasteiger partial charge < -0.3 is 15.6 Å². The van der Waals surface area contributed by atoms with Gasteiger partial charge in [0, 0.05) is 32.8 Å². The summed E-state index contributed by atoms with van der Waals surface area (Å²) in [6, 6.07) is 0. The van der Waals surface area contributed by atoms with Gasteiger partial charge in [-0.3, -0.25) is 4.90 Å². The molecule has 1 saturated heterocycles. The Labute approximate surface area is 73.3 Å². The molecule has 1 fully saturated rings. The van der Waals surface area contributed by atoms with Gasteiger partial charge in [-0.15, -0.1) is 0 Å². The Kier molecular flexibility index (Phi) is 3.94. The molecule has 1 aliphatic heterocycles. The number of hydrogen-bond donors (Lipinski definition) is 2. The first-order valence-electron chi connectivity index (χ1n) is 4.50. The van der Waals surface area contributed by atoms with Gasteiger partial charge >= 0.3 is 0 Å². The number of nitrogens with zero attached hydrogens (tertiary/aromatic N) is 1. The van der Waals surface area contributed by atoms with E-state index in [4.69, 9.17) is 10.5 Å². The van der Waals surface area contributed by atoms with Gasteiger partial charge in [-0.1, -0.05) is 0 Å². The number of aliphatic hydroxyl groups excluding tert-OH is 1. The molecule has 0 spiro atoms. The Morgan fingerprint density at radius 3 is 2.92 bits per heavy atom. The van der Waals surface area contributed by atoms with Crippen molar-refractivity contribution in [3.63, 3.8) is 0 Å². The maximum absolute atomic E-state index is 9.51. The molecule has 0 aromatic heterocycles. The van der Waals surface area contributed by atoms with E-state index in [0.29, 0.717) is 19.7 Å². The summed E-state index contributed by atoms with van der Waals surface area (Å²) >= 11 is 0. The fourth-order valence-electron chi connectivity index (χ4n) is 1.58. The van der Waals surface area contributed by atoms with E-state index >= 15 is 0 Å². The maximum Gasteiger partial charge on any atom is 0.0972 e. The third-order valence-corrected chi connectivity index (χ3v) is 2.14. The van der Waals surface area contributed by atoms with Crippen LogP contribution in [0.15, 0.2) is 0 Å². The highest BCUT2D eigenvalue weighted by atomic mass is 16.5. The monoisotopic (exact) mass is 174 g/mol. The van der Waals surface area contributed by atoms with Crippen LogP contribution in [-0.4, -0.2) is 55.0 Å². The molecule has 1 rings (SSSR count). The summed E-state index contributed by atoms with van der Waals surface area (Å²) in [4.78, 5) is 2.13. The van der Waals surface area contributed by atoms with Crippen LogP contribution < -0.4 is 5.73 Å². The van der Waals surface area contributed by atoms with Crippen LogP contribution in [-0.2, 0) is 4.74 Å². The Morgan fingerprint density at radius 2 is 2.33 bits per heavy atom. The van der Waals surface area contributed by atoms with E-state index in [1.807, 2.05) is 6.92 Å². The first-order valence-corrected chi connectivity index (χ1v) is 4.50. The van der Waals surface area contributed by atoms with Crippen LogP contribution in [0.5, 0.6) is 0 Å². The quantitative estimate of drug-likeness (QED) is 0.575. The highest BCUT2D eigenvalue weighted by Crippen LogP contribution is 2.12. The molecule has 0 unspecified atom stereocenters. The molecule has 0 radical (unpaired) electrons. The Bertz CT molecular complexity index is 132. The predicted octanol–water partition coefficient (Wildman–Crippen LogP) is -0.973. The molecule has 0 aliphatic carbocycles. The summed E-state index contributed by atoms with van der Waals surface area (Å²) in [5.41, 5.74) is 5.41. The van der Waals surface area contributed by atoms with Gasteiger partial charge in [0.25, 0.3) is 0 Å². The lowest BCUT2D eigenvalue weighted by Crippen LogP contribution is -2.28. The molecule has 4 nitrogen and oxygen atoms in total. The number of nitrogens with two attached hydrogens (primary N) is 1. The smallest absolute Gasteiger partial charge is 0.0972 e. The van der Waals surface area contributed by atoms with Crippen LogP contribution in [0.25, 0.3) is 0 Å². The number of aliphatic hydroxyl groups is 1. The van der Waals surface area contributed by atoms with Crippen LogP contribution in [0.1, 0.15) is 6.92 Å². The summed E-state index contributed by atoms with van der Waals surface area (Å²) in [5, 5.41) is 9.51. The summed E-state index contributed by atoms with van der Waals surface area (Å²) in [6.45, 7) is 5.61. The van der Waals surface area contributed by atoms with Gasteiger partial charge in [0.2, 0.25) is 0 Å². The third kappa shape index (κ3) is 2.42. The van der Waals surface area contributed by atoms with Gasteiger partial charge in [-0.2, -0.15) is 0 Å². The molecule has 12 heavy (non-hydrogen) atoms. The van der Waals surface area contributed by atoms with Crippen molar-refractivity contribution in [1.82, 2.24) is 4.90 Å². The van der Waals surface area contributed by atoms with Gasteiger partial charge in [-0.05, 0) is 6.92 Å². The van der Waals surface area contributed by atoms with Gasteiger partial charge in [-0.25, -0.2) is 0 Å². The van der Waals surface area contributed by atoms with E-state index in [1.54, 1.807) is 0 Å². The van der Waals surface area contributed by atoms with Crippen molar-refractivity contribution < 1.29 is 9.84 Å². The van der Waals surface area contributed by atoms with E-state index in [1.165, 1.54) is 0 Å². The topological polar surface area (TPSA) is 58.7 Å². The lowest BCUT2D eigenvalue weighted by atomic mass is 10.3. The average Bonchev–Trinajstić information content (AvgIpc) is 2.34. The predicted molar refractivity (Wildman–Crippen MR) is 46.9 cm³/mol. The van der Waals surface area contributed by atoms with Gasteiger partial charge in [0.15, 0.2) is 0 Å². The second kappa shape index (κ2) is 4.77. The van der Waals surface area contributed by atoms with Crippen LogP contribution in [0.3, 0.4) is 0 Å². The Balaban J connectivity index is 2.29. The van der Waals surface area contributed by atoms with Crippen LogP contribution >= 0.6 is 0 Å². The maximum atomic E-state index is 9.51. The van der Waals surface area contributed by atoms with Gasteiger partial charge in [0.1, 0.15) is 0 Å². The number of β-amino-alcohol motifs (C(OH)–C–C–N with tert-alkyl or cyclic N) is 1. The zero-order chi connectivity index (χ0) is 8.97. The zero-order valence-corrected chi connectivity index (χ0v) is 7.57. The van der Waals surface area contributed by atoms with Gasteiger partial charge in [0.05, 0.1) is 12.2 Å². The van der Waals surface area contributed by atoms with Crippen molar-refractivity contribution >= 4 is 0 Å². The largest absolute Gasteiger partial charge is 0.389 e. The lowest BCUT2D eigenvalue weighted by molar-refractivity contribution is -0.00240. The molecule has 4 heteroatoms. The van der Waals surface area contributed by atoms with E-state index in [-0.39, 0.29) is 12.2 Å². The molecular weight excluding hydrogens is 156 g/mol. The lowest BCUT2D eigenvalue weighted by Gasteiger charge is -2.13. The van der Waals surface area contributed by atoms with E-state index < -0.39 is 0 Å². The van der Waals surface area contributed by atoms with E-state index in [2.05, 4.69) is 4.90 Å². The third-order valence-electron chi connectivity index (χ3n) is 2.14. The minimum Gasteiger partial charge on any atom is -0.389 e. The molecule has 72 valence electrons. The zero-order valence-electron chi connectivity index (χ0n) is 7.57. The summed E-state index contributed by atoms with van der Waals surface area (Å²) in [5.74, 6) is 0. The number of ether oxygens (including phenoxy) is 1. The van der Waals surface area contributed by atoms with Crippen molar-refractivity contribution in [3.05, 3.63) is 0 Å². The molecule has 0 aromatic rings. The normalized spacial score (nSPS) is 31.2. The van der Waals surface area contributed by atoms with Crippen LogP contribution in [0.4, 0.5) is 0 Å². The number of hydrogen-bond acceptors (Lipinski definition) is 4. The van der Waals surface area contributed by atoms with Crippen molar-refractivity contribution in [2.24, 2.45) is 5.73 Å². The van der Waals surface area contributed by atoms with Crippen LogP contribution in [0.2, 0.25) is 0 Å². The first kappa shape index (κ1) is 9.92. The molecule has 0 saturated carbocycles. The van der Waals surface area contributed by atoms with Crippen LogP contribution in [0, 0.1) is 0 Å². The fraction of sp³-hybridized carbons (Fsp3) is 1.00. The average molecular weight is 174 g/mol. The summed E-state index contributed by atoms with van der Waals surface area (Å²) < 4.78 is 5.36. The molecule has 0 aromatic carbocycles. The minimum atomic E-state index is -0.337. The molecule has 3 N–H and O–H groups in total. The van der Waals surface area contributed by atoms with E-state index in [9.17, 15) is 5.11 Å². The summed E-state index contributed by atoms with van der Waals surface area (Å²) in [7, 11) is 0. The number of rotatable bonds is 4. The first-order chi connectivity index (χ1) is 5.77. The molecule has 1 heterocycles. The molecular formula is C8H18N2O2. The highest BCUT2D eigenvalue weighted by Gasteiger charge is 2.30. The fourth-order valence-corrected chi connectivity index (χ4v) is 1.58. The standard InChI is InChI=1S/C8H18N2O2/c1-2-12-8-6-10(4-3-9)5-7(8)11/h7-8,11H,2-6,9H2,1H3/t7-,8+/m0/s1. The second-order valence-electron chi connectivity index (χ2n) is 3.11. The minimum absolute atomic E-state index is 0.0125. The van der Waals surface area contributed by atoms with Crippen molar-refractivity contribution in [2.45, 2.75) is 19.1 Å². The second-order valence-corrected chi connectivity index (χ2v) is 3.11. The molecule has 2 atom stereocenters. The highest BCUT2D eigenvalue weighted by molar-refractivity contribution is 4.84. The molecule has 1 aliphatic rings. The Hall–Kier alpha value is -0.160. The Morgan fingerprint density at radius 1 is 1.58 bits per heavy atom. The van der Waals surface area contributed by atoms with Crippen molar-refractivity contribution in [3.8, 4) is 0 Å².